The van der Waals surface area contributed by atoms with Crippen LogP contribution in [0.25, 0.3) is 32.6 Å². The molecule has 232 valence electrons. The van der Waals surface area contributed by atoms with Crippen LogP contribution >= 0.6 is 0 Å². The minimum Gasteiger partial charge on any atom is -0.493 e. The van der Waals surface area contributed by atoms with Gasteiger partial charge in [0.1, 0.15) is 6.61 Å². The zero-order valence-electron chi connectivity index (χ0n) is 25.6. The monoisotopic (exact) mass is 601 g/mol. The number of hydrogen-bond acceptors (Lipinski definition) is 9. The number of methoxy groups -OCH3 is 1. The summed E-state index contributed by atoms with van der Waals surface area (Å²) in [5.41, 5.74) is 2.23. The van der Waals surface area contributed by atoms with E-state index in [0.717, 1.165) is 47.8 Å². The highest BCUT2D eigenvalue weighted by Gasteiger charge is 2.29. The zero-order chi connectivity index (χ0) is 30.4. The maximum atomic E-state index is 14.2. The molecule has 1 amide bonds. The number of nitrogens with zero attached hydrogens (tertiary/aromatic N) is 5. The van der Waals surface area contributed by atoms with Gasteiger partial charge in [0.25, 0.3) is 5.56 Å². The lowest BCUT2D eigenvalue weighted by Gasteiger charge is -2.39. The van der Waals surface area contributed by atoms with Gasteiger partial charge < -0.3 is 33.6 Å². The van der Waals surface area contributed by atoms with E-state index in [-0.39, 0.29) is 11.3 Å². The van der Waals surface area contributed by atoms with Crippen molar-refractivity contribution < 1.29 is 24.0 Å². The number of aromatic nitrogens is 2. The van der Waals surface area contributed by atoms with Gasteiger partial charge in [0.15, 0.2) is 17.2 Å². The Hall–Kier alpha value is -3.93. The number of ether oxygens (including phenoxy) is 2. The van der Waals surface area contributed by atoms with Gasteiger partial charge in [-0.15, -0.1) is 0 Å². The first-order chi connectivity index (χ1) is 21.4. The van der Waals surface area contributed by atoms with Crippen molar-refractivity contribution in [3.63, 3.8) is 0 Å². The van der Waals surface area contributed by atoms with Gasteiger partial charge >= 0.3 is 6.09 Å². The first kappa shape index (κ1) is 28.8. The third-order valence-corrected chi connectivity index (χ3v) is 9.32. The molecule has 0 N–H and O–H groups in total. The molecule has 11 nitrogen and oxygen atoms in total. The number of pyridine rings is 2. The molecule has 0 radical (unpaired) electrons. The highest BCUT2D eigenvalue weighted by molar-refractivity contribution is 6.15. The summed E-state index contributed by atoms with van der Waals surface area (Å²) in [5, 5.41) is 2.78. The highest BCUT2D eigenvalue weighted by Crippen LogP contribution is 2.38. The molecule has 11 heteroatoms. The molecule has 0 saturated carbocycles. The molecule has 0 unspecified atom stereocenters. The molecule has 2 aromatic heterocycles. The Labute approximate surface area is 255 Å². The quantitative estimate of drug-likeness (QED) is 0.233. The first-order valence-electron chi connectivity index (χ1n) is 15.6. The molecule has 0 bridgehead atoms. The van der Waals surface area contributed by atoms with Crippen LogP contribution in [0.2, 0.25) is 0 Å². The molecule has 44 heavy (non-hydrogen) atoms. The molecule has 2 aromatic carbocycles. The van der Waals surface area contributed by atoms with Crippen molar-refractivity contribution >= 4 is 38.7 Å². The molecule has 7 rings (SSSR count). The summed E-state index contributed by atoms with van der Waals surface area (Å²) < 4.78 is 13.5. The molecule has 3 aliphatic rings. The van der Waals surface area contributed by atoms with Crippen molar-refractivity contribution in [1.29, 1.82) is 0 Å². The molecular weight excluding hydrogens is 562 g/mol. The van der Waals surface area contributed by atoms with Crippen molar-refractivity contribution in [1.82, 2.24) is 24.3 Å². The Bertz CT molecular complexity index is 1790. The summed E-state index contributed by atoms with van der Waals surface area (Å²) in [4.78, 5) is 49.2. The fourth-order valence-electron chi connectivity index (χ4n) is 6.90. The molecule has 0 aliphatic carbocycles. The predicted octanol–water partition coefficient (Wildman–Crippen LogP) is 4.55. The van der Waals surface area contributed by atoms with Crippen LogP contribution < -0.4 is 19.9 Å². The molecule has 0 spiro atoms. The van der Waals surface area contributed by atoms with Crippen LogP contribution in [0, 0.1) is 0 Å². The Morgan fingerprint density at radius 1 is 0.977 bits per heavy atom. The van der Waals surface area contributed by atoms with Gasteiger partial charge in [0.05, 0.1) is 23.5 Å². The van der Waals surface area contributed by atoms with Crippen LogP contribution in [0.5, 0.6) is 17.2 Å². The van der Waals surface area contributed by atoms with Crippen molar-refractivity contribution in [3.8, 4) is 17.2 Å². The maximum Gasteiger partial charge on any atom is 0.415 e. The van der Waals surface area contributed by atoms with Crippen molar-refractivity contribution in [3.05, 3.63) is 46.4 Å². The van der Waals surface area contributed by atoms with Gasteiger partial charge in [0.2, 0.25) is 0 Å². The van der Waals surface area contributed by atoms with Crippen LogP contribution in [0.3, 0.4) is 0 Å². The fraction of sp³-hybridized carbons (Fsp3) is 0.485. The van der Waals surface area contributed by atoms with Gasteiger partial charge in [-0.25, -0.2) is 4.79 Å². The van der Waals surface area contributed by atoms with Gasteiger partial charge in [-0.05, 0) is 71.1 Å². The Kier molecular flexibility index (Phi) is 7.77. The topological polar surface area (TPSA) is 98.6 Å². The number of piperidine rings is 2. The lowest BCUT2D eigenvalue weighted by molar-refractivity contribution is -0.194. The molecule has 5 heterocycles. The zero-order valence-corrected chi connectivity index (χ0v) is 25.6. The summed E-state index contributed by atoms with van der Waals surface area (Å²) in [6.07, 6.45) is 7.07. The van der Waals surface area contributed by atoms with Crippen molar-refractivity contribution in [2.45, 2.75) is 51.3 Å². The number of hydrogen-bond donors (Lipinski definition) is 0. The van der Waals surface area contributed by atoms with Gasteiger partial charge in [-0.3, -0.25) is 9.78 Å². The van der Waals surface area contributed by atoms with E-state index < -0.39 is 6.09 Å². The number of amides is 1. The largest absolute Gasteiger partial charge is 0.493 e. The van der Waals surface area contributed by atoms with E-state index in [4.69, 9.17) is 24.2 Å². The Morgan fingerprint density at radius 3 is 2.50 bits per heavy atom. The third kappa shape index (κ3) is 5.22. The Balaban J connectivity index is 1.26. The summed E-state index contributed by atoms with van der Waals surface area (Å²) in [6.45, 7) is 5.06. The molecule has 2 fully saturated rings. The second-order valence-electron chi connectivity index (χ2n) is 12.3. The van der Waals surface area contributed by atoms with Gasteiger partial charge in [0, 0.05) is 66.2 Å². The maximum absolute atomic E-state index is 14.2. The van der Waals surface area contributed by atoms with Crippen molar-refractivity contribution in [2.75, 3.05) is 53.9 Å². The second-order valence-corrected chi connectivity index (χ2v) is 12.3. The summed E-state index contributed by atoms with van der Waals surface area (Å²) >= 11 is 0. The fourth-order valence-corrected chi connectivity index (χ4v) is 6.90. The third-order valence-electron chi connectivity index (χ3n) is 9.32. The van der Waals surface area contributed by atoms with E-state index in [1.807, 2.05) is 31.1 Å². The average Bonchev–Trinajstić information content (AvgIpc) is 3.51. The SMILES string of the molecule is COc1cc2c(cc1OC(=O)N1CCC(N3CCCCC3)CC1)c(=O)n(CCN(C)C)c1c3cc4c(cc3ncc21)OOC4. The number of benzene rings is 2. The lowest BCUT2D eigenvalue weighted by Crippen LogP contribution is -2.48. The van der Waals surface area contributed by atoms with E-state index >= 15 is 0 Å². The minimum atomic E-state index is -0.417. The Morgan fingerprint density at radius 2 is 1.75 bits per heavy atom. The van der Waals surface area contributed by atoms with Crippen molar-refractivity contribution in [2.24, 2.45) is 0 Å². The summed E-state index contributed by atoms with van der Waals surface area (Å²) in [7, 11) is 5.50. The normalized spacial score (nSPS) is 17.9. The number of rotatable bonds is 6. The van der Waals surface area contributed by atoms with Crippen LogP contribution in [0.1, 0.15) is 37.7 Å². The molecule has 0 atom stereocenters. The van der Waals surface area contributed by atoms with E-state index in [1.165, 1.54) is 19.3 Å². The van der Waals surface area contributed by atoms with Gasteiger partial charge in [-0.2, -0.15) is 4.89 Å². The predicted molar refractivity (Wildman–Crippen MR) is 168 cm³/mol. The number of likely N-dealkylation sites (tertiary alicyclic amines) is 2. The standard InChI is InChI=1S/C33H39N5O6/c1-35(2)13-14-38-31-25-15-21-20-42-44-28(21)18-27(25)34-19-26(31)23-16-29(41-3)30(17-24(23)32(38)39)43-33(40)37-11-7-22(8-12-37)36-9-5-4-6-10-36/h15-19,22H,4-14,20H2,1-3H3. The van der Waals surface area contributed by atoms with E-state index in [1.54, 1.807) is 34.9 Å². The summed E-state index contributed by atoms with van der Waals surface area (Å²) in [6, 6.07) is 7.80. The minimum absolute atomic E-state index is 0.169. The molecule has 4 aromatic rings. The smallest absolute Gasteiger partial charge is 0.415 e. The first-order valence-corrected chi connectivity index (χ1v) is 15.6. The van der Waals surface area contributed by atoms with E-state index in [9.17, 15) is 9.59 Å². The number of fused-ring (bicyclic) bond motifs is 6. The van der Waals surface area contributed by atoms with Gasteiger partial charge in [-0.1, -0.05) is 6.42 Å². The lowest BCUT2D eigenvalue weighted by atomic mass is 10.0. The van der Waals surface area contributed by atoms with Crippen LogP contribution in [-0.2, 0) is 18.0 Å². The van der Waals surface area contributed by atoms with Crippen LogP contribution in [-0.4, -0.2) is 90.3 Å². The second kappa shape index (κ2) is 11.9. The summed E-state index contributed by atoms with van der Waals surface area (Å²) in [5.74, 6) is 1.26. The van der Waals surface area contributed by atoms with E-state index in [0.29, 0.717) is 66.6 Å². The van der Waals surface area contributed by atoms with Crippen LogP contribution in [0.4, 0.5) is 4.79 Å². The molecular formula is C33H39N5O6. The number of carbonyl (C=O) groups excluding carboxylic acids is 1. The molecule has 2 saturated heterocycles. The van der Waals surface area contributed by atoms with E-state index in [2.05, 4.69) is 4.90 Å². The number of likely N-dealkylation sites (N-methyl/N-ethyl adjacent to an activating group) is 1. The molecule has 3 aliphatic heterocycles. The van der Waals surface area contributed by atoms with Crippen LogP contribution in [0.15, 0.2) is 35.3 Å². The number of carbonyl (C=O) groups is 1. The average molecular weight is 602 g/mol. The highest BCUT2D eigenvalue weighted by atomic mass is 17.2.